The summed E-state index contributed by atoms with van der Waals surface area (Å²) in [5, 5.41) is 8.77. The number of allylic oxidation sites excluding steroid dienone is 4. The van der Waals surface area contributed by atoms with Gasteiger partial charge in [0.05, 0.1) is 13.3 Å². The van der Waals surface area contributed by atoms with E-state index in [0.717, 1.165) is 4.90 Å². The van der Waals surface area contributed by atoms with Gasteiger partial charge in [-0.1, -0.05) is 12.6 Å². The highest BCUT2D eigenvalue weighted by Gasteiger charge is 2.34. The number of likely N-dealkylation sites (N-methyl/N-ethyl adjacent to an activating group) is 1. The second kappa shape index (κ2) is 13.7. The second-order valence-corrected chi connectivity index (χ2v) is 6.92. The summed E-state index contributed by atoms with van der Waals surface area (Å²) >= 11 is 0. The van der Waals surface area contributed by atoms with Gasteiger partial charge in [-0.3, -0.25) is 4.79 Å². The molecular weight excluding hydrogens is 470 g/mol. The zero-order valence-corrected chi connectivity index (χ0v) is 19.7. The SMILES string of the molecule is C=C(/C=C(\NC=O)C(F)(F)F)N(C)C(/N=C(/C)Cc1cccnc1OCC(=CC)OC)=C(\F)C=N. The number of nitrogens with one attached hydrogen (secondary N) is 2. The van der Waals surface area contributed by atoms with Crippen LogP contribution in [-0.2, 0) is 16.0 Å². The highest BCUT2D eigenvalue weighted by Crippen LogP contribution is 2.26. The number of hydrogen-bond donors (Lipinski definition) is 2. The van der Waals surface area contributed by atoms with Gasteiger partial charge in [0.1, 0.15) is 18.1 Å². The Morgan fingerprint density at radius 2 is 2.09 bits per heavy atom. The number of carbonyl (C=O) groups is 1. The van der Waals surface area contributed by atoms with Gasteiger partial charge in [-0.15, -0.1) is 0 Å². The fourth-order valence-electron chi connectivity index (χ4n) is 2.61. The molecule has 1 rings (SSSR count). The molecule has 12 heteroatoms. The molecule has 0 spiro atoms. The van der Waals surface area contributed by atoms with E-state index in [1.165, 1.54) is 20.4 Å². The van der Waals surface area contributed by atoms with Crippen LogP contribution in [0.5, 0.6) is 5.88 Å². The fraction of sp³-hybridized carbons (Fsp3) is 0.304. The highest BCUT2D eigenvalue weighted by atomic mass is 19.4. The van der Waals surface area contributed by atoms with Gasteiger partial charge in [0.2, 0.25) is 12.3 Å². The molecule has 0 atom stereocenters. The molecule has 1 heterocycles. The summed E-state index contributed by atoms with van der Waals surface area (Å²) < 4.78 is 64.5. The van der Waals surface area contributed by atoms with Crippen LogP contribution in [0, 0.1) is 5.41 Å². The van der Waals surface area contributed by atoms with Crippen molar-refractivity contribution in [1.29, 1.82) is 5.41 Å². The number of carbonyl (C=O) groups excluding carboxylic acids is 1. The lowest BCUT2D eigenvalue weighted by atomic mass is 10.1. The number of halogens is 4. The Hall–Kier alpha value is -3.96. The molecule has 0 unspecified atom stereocenters. The minimum absolute atomic E-state index is 0.131. The van der Waals surface area contributed by atoms with Gasteiger partial charge in [0.15, 0.2) is 11.6 Å². The lowest BCUT2D eigenvalue weighted by Gasteiger charge is -2.22. The van der Waals surface area contributed by atoms with Crippen LogP contribution in [0.15, 0.2) is 70.9 Å². The molecule has 0 saturated heterocycles. The Labute approximate surface area is 200 Å². The van der Waals surface area contributed by atoms with E-state index in [1.54, 1.807) is 37.4 Å². The maximum Gasteiger partial charge on any atom is 0.431 e. The zero-order chi connectivity index (χ0) is 26.6. The number of rotatable bonds is 13. The molecule has 0 aromatic carbocycles. The van der Waals surface area contributed by atoms with Gasteiger partial charge in [-0.25, -0.2) is 14.4 Å². The third-order valence-electron chi connectivity index (χ3n) is 4.45. The van der Waals surface area contributed by atoms with Crippen LogP contribution >= 0.6 is 0 Å². The summed E-state index contributed by atoms with van der Waals surface area (Å²) in [5.41, 5.74) is -0.767. The maximum absolute atomic E-state index is 14.5. The molecule has 8 nitrogen and oxygen atoms in total. The van der Waals surface area contributed by atoms with Gasteiger partial charge < -0.3 is 25.1 Å². The molecule has 0 aliphatic heterocycles. The molecule has 1 amide bonds. The lowest BCUT2D eigenvalue weighted by molar-refractivity contribution is -0.116. The van der Waals surface area contributed by atoms with Gasteiger partial charge in [0, 0.05) is 36.6 Å². The second-order valence-electron chi connectivity index (χ2n) is 6.92. The van der Waals surface area contributed by atoms with Crippen LogP contribution in [0.4, 0.5) is 17.6 Å². The van der Waals surface area contributed by atoms with Crippen molar-refractivity contribution in [2.24, 2.45) is 4.99 Å². The van der Waals surface area contributed by atoms with Crippen molar-refractivity contribution in [3.8, 4) is 5.88 Å². The lowest BCUT2D eigenvalue weighted by Crippen LogP contribution is -2.27. The Morgan fingerprint density at radius 1 is 1.40 bits per heavy atom. The largest absolute Gasteiger partial charge is 0.498 e. The van der Waals surface area contributed by atoms with E-state index in [1.807, 2.05) is 0 Å². The first kappa shape index (κ1) is 29.1. The molecule has 0 aliphatic carbocycles. The zero-order valence-electron chi connectivity index (χ0n) is 19.7. The van der Waals surface area contributed by atoms with E-state index in [9.17, 15) is 22.4 Å². The van der Waals surface area contributed by atoms with Gasteiger partial charge >= 0.3 is 6.18 Å². The number of pyridine rings is 1. The molecule has 0 bridgehead atoms. The third kappa shape index (κ3) is 9.07. The molecular formula is C23H27F4N5O3. The average Bonchev–Trinajstić information content (AvgIpc) is 2.82. The number of nitrogens with zero attached hydrogens (tertiary/aromatic N) is 3. The van der Waals surface area contributed by atoms with Crippen LogP contribution in [0.3, 0.4) is 0 Å². The first-order valence-corrected chi connectivity index (χ1v) is 10.1. The summed E-state index contributed by atoms with van der Waals surface area (Å²) in [6.07, 6.45) is -0.688. The predicted molar refractivity (Wildman–Crippen MR) is 124 cm³/mol. The molecule has 190 valence electrons. The van der Waals surface area contributed by atoms with Crippen molar-refractivity contribution in [2.75, 3.05) is 20.8 Å². The van der Waals surface area contributed by atoms with Crippen LogP contribution < -0.4 is 10.1 Å². The Balaban J connectivity index is 3.25. The minimum Gasteiger partial charge on any atom is -0.498 e. The van der Waals surface area contributed by atoms with Crippen molar-refractivity contribution in [3.05, 3.63) is 71.4 Å². The average molecular weight is 497 g/mol. The van der Waals surface area contributed by atoms with E-state index in [4.69, 9.17) is 14.9 Å². The summed E-state index contributed by atoms with van der Waals surface area (Å²) in [6, 6.07) is 3.40. The topological polar surface area (TPSA) is 99.9 Å². The summed E-state index contributed by atoms with van der Waals surface area (Å²) in [4.78, 5) is 19.8. The quantitative estimate of drug-likeness (QED) is 0.138. The number of methoxy groups -OCH3 is 1. The number of amides is 1. The van der Waals surface area contributed by atoms with Crippen LogP contribution in [0.2, 0.25) is 0 Å². The van der Waals surface area contributed by atoms with E-state index >= 15 is 0 Å². The molecule has 0 aliphatic rings. The van der Waals surface area contributed by atoms with Crippen molar-refractivity contribution in [1.82, 2.24) is 15.2 Å². The van der Waals surface area contributed by atoms with E-state index < -0.39 is 23.5 Å². The van der Waals surface area contributed by atoms with E-state index in [0.29, 0.717) is 35.2 Å². The van der Waals surface area contributed by atoms with Crippen molar-refractivity contribution < 1.29 is 31.8 Å². The van der Waals surface area contributed by atoms with Gasteiger partial charge in [0.25, 0.3) is 0 Å². The van der Waals surface area contributed by atoms with Crippen molar-refractivity contribution >= 4 is 18.3 Å². The highest BCUT2D eigenvalue weighted by molar-refractivity contribution is 5.86. The minimum atomic E-state index is -4.87. The summed E-state index contributed by atoms with van der Waals surface area (Å²) in [7, 11) is 2.73. The van der Waals surface area contributed by atoms with Crippen molar-refractivity contribution in [2.45, 2.75) is 26.4 Å². The standard InChI is InChI=1S/C23H27F4N5O3/c1-6-18(34-5)13-35-22-17(8-7-9-29-22)10-15(2)31-21(19(24)12-28)32(4)16(3)11-20(30-14-33)23(25,26)27/h6-9,11-12,14,28H,3,10,13H2,1-2,4-5H3,(H,30,33)/b18-6?,20-11-,21-19-,28-12?,31-15-. The van der Waals surface area contributed by atoms with Crippen LogP contribution in [0.1, 0.15) is 19.4 Å². The number of aromatic nitrogens is 1. The Bertz CT molecular complexity index is 1050. The number of alkyl halides is 3. The van der Waals surface area contributed by atoms with Crippen LogP contribution in [-0.4, -0.2) is 55.2 Å². The fourth-order valence-corrected chi connectivity index (χ4v) is 2.61. The normalized spacial score (nSPS) is 13.5. The number of ether oxygens (including phenoxy) is 2. The molecule has 0 radical (unpaired) electrons. The smallest absolute Gasteiger partial charge is 0.431 e. The van der Waals surface area contributed by atoms with Crippen molar-refractivity contribution in [3.63, 3.8) is 0 Å². The first-order chi connectivity index (χ1) is 16.5. The molecule has 1 aromatic heterocycles. The molecule has 35 heavy (non-hydrogen) atoms. The molecule has 1 aromatic rings. The predicted octanol–water partition coefficient (Wildman–Crippen LogP) is 4.44. The molecule has 0 saturated carbocycles. The molecule has 0 fully saturated rings. The summed E-state index contributed by atoms with van der Waals surface area (Å²) in [6.45, 7) is 6.98. The number of hydrogen-bond acceptors (Lipinski definition) is 7. The van der Waals surface area contributed by atoms with E-state index in [-0.39, 0.29) is 25.1 Å². The Morgan fingerprint density at radius 3 is 2.63 bits per heavy atom. The van der Waals surface area contributed by atoms with Gasteiger partial charge in [-0.2, -0.15) is 13.2 Å². The first-order valence-electron chi connectivity index (χ1n) is 10.1. The number of aliphatic imine (C=N–C) groups is 1. The molecule has 2 N–H and O–H groups in total. The van der Waals surface area contributed by atoms with Crippen LogP contribution in [0.25, 0.3) is 0 Å². The van der Waals surface area contributed by atoms with Gasteiger partial charge in [-0.05, 0) is 32.1 Å². The third-order valence-corrected chi connectivity index (χ3v) is 4.45. The monoisotopic (exact) mass is 497 g/mol. The summed E-state index contributed by atoms with van der Waals surface area (Å²) in [5.74, 6) is -0.681. The Kier molecular flexibility index (Phi) is 11.4. The maximum atomic E-state index is 14.5. The van der Waals surface area contributed by atoms with E-state index in [2.05, 4.69) is 16.6 Å².